The van der Waals surface area contributed by atoms with Gasteiger partial charge in [0.15, 0.2) is 0 Å². The Hall–Kier alpha value is -0.730. The Morgan fingerprint density at radius 2 is 1.79 bits per heavy atom. The fraction of sp³-hybridized carbons (Fsp3) is 0.625. The van der Waals surface area contributed by atoms with Gasteiger partial charge in [0.05, 0.1) is 0 Å². The Morgan fingerprint density at radius 1 is 1.26 bits per heavy atom. The van der Waals surface area contributed by atoms with Crippen LogP contribution in [0, 0.1) is 19.3 Å². The molecule has 2 atom stereocenters. The lowest BCUT2D eigenvalue weighted by Gasteiger charge is -2.53. The van der Waals surface area contributed by atoms with Crippen LogP contribution in [0.2, 0.25) is 5.02 Å². The number of halogens is 1. The maximum Gasteiger partial charge on any atom is 0.125 e. The highest BCUT2D eigenvalue weighted by Gasteiger charge is 2.52. The third-order valence-corrected chi connectivity index (χ3v) is 5.07. The van der Waals surface area contributed by atoms with Gasteiger partial charge >= 0.3 is 0 Å². The van der Waals surface area contributed by atoms with Crippen molar-refractivity contribution in [3.63, 3.8) is 0 Å². The maximum absolute atomic E-state index is 6.30. The molecule has 19 heavy (non-hydrogen) atoms. The van der Waals surface area contributed by atoms with Crippen LogP contribution in [-0.2, 0) is 0 Å². The second-order valence-corrected chi connectivity index (χ2v) is 6.19. The lowest BCUT2D eigenvalue weighted by molar-refractivity contribution is -0.0728. The van der Waals surface area contributed by atoms with Crippen LogP contribution in [0.15, 0.2) is 12.1 Å². The van der Waals surface area contributed by atoms with Crippen LogP contribution in [0.3, 0.4) is 0 Å². The molecule has 2 nitrogen and oxygen atoms in total. The normalized spacial score (nSPS) is 24.9. The third kappa shape index (κ3) is 2.36. The summed E-state index contributed by atoms with van der Waals surface area (Å²) in [5, 5.41) is 0.768. The van der Waals surface area contributed by atoms with Crippen LogP contribution in [0.25, 0.3) is 0 Å². The van der Waals surface area contributed by atoms with Crippen molar-refractivity contribution >= 4 is 11.6 Å². The first kappa shape index (κ1) is 14.7. The van der Waals surface area contributed by atoms with Gasteiger partial charge in [-0.15, -0.1) is 0 Å². The van der Waals surface area contributed by atoms with Crippen molar-refractivity contribution in [2.24, 2.45) is 11.1 Å². The first-order valence-electron chi connectivity index (χ1n) is 7.13. The van der Waals surface area contributed by atoms with E-state index in [4.69, 9.17) is 22.1 Å². The summed E-state index contributed by atoms with van der Waals surface area (Å²) in [5.74, 6) is 0.979. The molecule has 0 aliphatic heterocycles. The average Bonchev–Trinajstić information content (AvgIpc) is 2.33. The minimum absolute atomic E-state index is 0.137. The molecule has 1 aliphatic rings. The Labute approximate surface area is 121 Å². The van der Waals surface area contributed by atoms with E-state index >= 15 is 0 Å². The van der Waals surface area contributed by atoms with Crippen molar-refractivity contribution in [2.45, 2.75) is 59.1 Å². The van der Waals surface area contributed by atoms with Crippen molar-refractivity contribution in [3.05, 3.63) is 28.3 Å². The topological polar surface area (TPSA) is 35.2 Å². The van der Waals surface area contributed by atoms with Crippen LogP contribution in [0.1, 0.15) is 44.2 Å². The van der Waals surface area contributed by atoms with Crippen molar-refractivity contribution in [3.8, 4) is 5.75 Å². The molecular formula is C16H24ClNO. The van der Waals surface area contributed by atoms with E-state index in [1.54, 1.807) is 0 Å². The van der Waals surface area contributed by atoms with E-state index in [-0.39, 0.29) is 17.6 Å². The summed E-state index contributed by atoms with van der Waals surface area (Å²) in [6, 6.07) is 4.19. The minimum atomic E-state index is 0.137. The zero-order valence-electron chi connectivity index (χ0n) is 12.3. The molecule has 0 spiro atoms. The molecule has 1 aromatic rings. The van der Waals surface area contributed by atoms with E-state index in [1.807, 2.05) is 26.0 Å². The summed E-state index contributed by atoms with van der Waals surface area (Å²) >= 11 is 6.06. The number of ether oxygens (including phenoxy) is 1. The molecule has 0 aromatic heterocycles. The average molecular weight is 282 g/mol. The molecule has 106 valence electrons. The van der Waals surface area contributed by atoms with Gasteiger partial charge in [0.2, 0.25) is 0 Å². The van der Waals surface area contributed by atoms with Crippen molar-refractivity contribution < 1.29 is 4.74 Å². The van der Waals surface area contributed by atoms with E-state index in [0.29, 0.717) is 0 Å². The highest BCUT2D eigenvalue weighted by Crippen LogP contribution is 2.48. The fourth-order valence-electron chi connectivity index (χ4n) is 3.40. The fourth-order valence-corrected chi connectivity index (χ4v) is 3.73. The highest BCUT2D eigenvalue weighted by molar-refractivity contribution is 6.30. The zero-order valence-corrected chi connectivity index (χ0v) is 13.1. The second kappa shape index (κ2) is 5.34. The van der Waals surface area contributed by atoms with E-state index in [2.05, 4.69) is 13.8 Å². The Morgan fingerprint density at radius 3 is 2.21 bits per heavy atom. The van der Waals surface area contributed by atoms with E-state index in [1.165, 1.54) is 0 Å². The molecule has 2 rings (SSSR count). The van der Waals surface area contributed by atoms with Gasteiger partial charge in [0, 0.05) is 22.9 Å². The Kier molecular flexibility index (Phi) is 4.12. The number of hydrogen-bond donors (Lipinski definition) is 1. The lowest BCUT2D eigenvalue weighted by Crippen LogP contribution is -2.63. The molecule has 0 heterocycles. The first-order valence-corrected chi connectivity index (χ1v) is 7.51. The van der Waals surface area contributed by atoms with Crippen LogP contribution in [-0.4, -0.2) is 12.1 Å². The number of rotatable bonds is 4. The van der Waals surface area contributed by atoms with Gasteiger partial charge in [0.25, 0.3) is 0 Å². The minimum Gasteiger partial charge on any atom is -0.489 e. The summed E-state index contributed by atoms with van der Waals surface area (Å²) in [4.78, 5) is 0. The smallest absolute Gasteiger partial charge is 0.125 e. The summed E-state index contributed by atoms with van der Waals surface area (Å²) < 4.78 is 6.30. The van der Waals surface area contributed by atoms with Gasteiger partial charge in [-0.1, -0.05) is 25.4 Å². The van der Waals surface area contributed by atoms with Gasteiger partial charge in [-0.2, -0.15) is 0 Å². The number of aryl methyl sites for hydroxylation is 2. The van der Waals surface area contributed by atoms with Crippen LogP contribution >= 0.6 is 11.6 Å². The van der Waals surface area contributed by atoms with Crippen LogP contribution in [0.5, 0.6) is 5.75 Å². The molecule has 1 saturated carbocycles. The summed E-state index contributed by atoms with van der Waals surface area (Å²) in [6.45, 7) is 8.51. The third-order valence-electron chi connectivity index (χ3n) is 4.85. The predicted molar refractivity (Wildman–Crippen MR) is 80.9 cm³/mol. The maximum atomic E-state index is 6.30. The van der Waals surface area contributed by atoms with E-state index in [9.17, 15) is 0 Å². The quantitative estimate of drug-likeness (QED) is 0.896. The summed E-state index contributed by atoms with van der Waals surface area (Å²) in [6.07, 6.45) is 3.32. The van der Waals surface area contributed by atoms with Gasteiger partial charge in [-0.05, 0) is 49.9 Å². The molecule has 1 aliphatic carbocycles. The summed E-state index contributed by atoms with van der Waals surface area (Å²) in [5.41, 5.74) is 8.57. The SMILES string of the molecule is CCC1(CC)C(N)CC1Oc1c(C)cc(Cl)cc1C. The van der Waals surface area contributed by atoms with Gasteiger partial charge < -0.3 is 10.5 Å². The van der Waals surface area contributed by atoms with Gasteiger partial charge in [0.1, 0.15) is 11.9 Å². The second-order valence-electron chi connectivity index (χ2n) is 5.76. The largest absolute Gasteiger partial charge is 0.489 e. The molecule has 0 radical (unpaired) electrons. The molecule has 1 fully saturated rings. The number of benzene rings is 1. The highest BCUT2D eigenvalue weighted by atomic mass is 35.5. The van der Waals surface area contributed by atoms with E-state index < -0.39 is 0 Å². The monoisotopic (exact) mass is 281 g/mol. The zero-order chi connectivity index (χ0) is 14.2. The summed E-state index contributed by atoms with van der Waals surface area (Å²) in [7, 11) is 0. The molecule has 0 bridgehead atoms. The van der Waals surface area contributed by atoms with Gasteiger partial charge in [-0.3, -0.25) is 0 Å². The van der Waals surface area contributed by atoms with Crippen molar-refractivity contribution in [2.75, 3.05) is 0 Å². The Bertz CT molecular complexity index is 445. The molecule has 0 saturated heterocycles. The lowest BCUT2D eigenvalue weighted by atomic mass is 9.59. The molecule has 2 N–H and O–H groups in total. The van der Waals surface area contributed by atoms with Crippen molar-refractivity contribution in [1.29, 1.82) is 0 Å². The first-order chi connectivity index (χ1) is 8.94. The van der Waals surface area contributed by atoms with Gasteiger partial charge in [-0.25, -0.2) is 0 Å². The van der Waals surface area contributed by atoms with Crippen LogP contribution in [0.4, 0.5) is 0 Å². The van der Waals surface area contributed by atoms with E-state index in [0.717, 1.165) is 41.2 Å². The molecule has 2 unspecified atom stereocenters. The number of hydrogen-bond acceptors (Lipinski definition) is 2. The standard InChI is InChI=1S/C16H24ClNO/c1-5-16(6-2)13(18)9-14(16)19-15-10(3)7-12(17)8-11(15)4/h7-8,13-14H,5-6,9,18H2,1-4H3. The molecule has 0 amide bonds. The molecular weight excluding hydrogens is 258 g/mol. The molecule has 3 heteroatoms. The van der Waals surface area contributed by atoms with Crippen molar-refractivity contribution in [1.82, 2.24) is 0 Å². The Balaban J connectivity index is 2.23. The number of nitrogens with two attached hydrogens (primary N) is 1. The van der Waals surface area contributed by atoms with Crippen LogP contribution < -0.4 is 10.5 Å². The predicted octanol–water partition coefficient (Wildman–Crippen LogP) is 4.24. The molecule has 1 aromatic carbocycles.